The van der Waals surface area contributed by atoms with Crippen molar-refractivity contribution < 1.29 is 27.8 Å². The normalized spacial score (nSPS) is 13.2. The zero-order valence-corrected chi connectivity index (χ0v) is 10.6. The molecule has 0 amide bonds. The van der Waals surface area contributed by atoms with Crippen molar-refractivity contribution in [3.8, 4) is 5.75 Å². The second-order valence-corrected chi connectivity index (χ2v) is 4.78. The van der Waals surface area contributed by atoms with Gasteiger partial charge in [-0.3, -0.25) is 0 Å². The maximum Gasteiger partial charge on any atom is 0.446 e. The van der Waals surface area contributed by atoms with Crippen molar-refractivity contribution in [3.05, 3.63) is 23.2 Å². The first-order valence-corrected chi connectivity index (χ1v) is 5.83. The van der Waals surface area contributed by atoms with Crippen molar-refractivity contribution in [2.75, 3.05) is 0 Å². The van der Waals surface area contributed by atoms with Gasteiger partial charge in [-0.15, -0.1) is 0 Å². The third-order valence-electron chi connectivity index (χ3n) is 1.79. The molecule has 0 saturated carbocycles. The number of ether oxygens (including phenoxy) is 1. The van der Waals surface area contributed by atoms with Gasteiger partial charge in [0.15, 0.2) is 6.10 Å². The molecule has 18 heavy (non-hydrogen) atoms. The van der Waals surface area contributed by atoms with Gasteiger partial charge in [-0.25, -0.2) is 4.79 Å². The smallest absolute Gasteiger partial charge is 0.446 e. The SMILES string of the molecule is CC(Oc1ccc(SC(F)(F)F)cc1Cl)C(=O)O. The molecule has 0 spiro atoms. The molecule has 1 rings (SSSR count). The van der Waals surface area contributed by atoms with E-state index in [-0.39, 0.29) is 27.4 Å². The van der Waals surface area contributed by atoms with Gasteiger partial charge in [-0.1, -0.05) is 11.6 Å². The first-order valence-electron chi connectivity index (χ1n) is 4.64. The maximum absolute atomic E-state index is 12.1. The molecule has 1 unspecified atom stereocenters. The van der Waals surface area contributed by atoms with Crippen molar-refractivity contribution in [1.82, 2.24) is 0 Å². The topological polar surface area (TPSA) is 46.5 Å². The van der Waals surface area contributed by atoms with Crippen molar-refractivity contribution >= 4 is 29.3 Å². The summed E-state index contributed by atoms with van der Waals surface area (Å²) in [5.74, 6) is -1.17. The third kappa shape index (κ3) is 4.66. The number of rotatable bonds is 4. The lowest BCUT2D eigenvalue weighted by atomic mass is 10.3. The molecule has 0 bridgehead atoms. The number of benzene rings is 1. The Kier molecular flexibility index (Phi) is 4.75. The van der Waals surface area contributed by atoms with Crippen LogP contribution in [0.25, 0.3) is 0 Å². The van der Waals surface area contributed by atoms with Crippen LogP contribution in [0.3, 0.4) is 0 Å². The molecule has 0 fully saturated rings. The molecule has 0 aliphatic carbocycles. The zero-order valence-electron chi connectivity index (χ0n) is 8.99. The van der Waals surface area contributed by atoms with Crippen molar-refractivity contribution in [2.24, 2.45) is 0 Å². The molecule has 0 aliphatic heterocycles. The first-order chi connectivity index (χ1) is 8.19. The van der Waals surface area contributed by atoms with E-state index in [2.05, 4.69) is 0 Å². The van der Waals surface area contributed by atoms with Gasteiger partial charge in [0.05, 0.1) is 5.02 Å². The number of carboxylic acid groups (broad SMARTS) is 1. The standard InChI is InChI=1S/C10H8ClF3O3S/c1-5(9(15)16)17-8-3-2-6(4-7(8)11)18-10(12,13)14/h2-5H,1H3,(H,15,16). The summed E-state index contributed by atoms with van der Waals surface area (Å²) in [7, 11) is 0. The second kappa shape index (κ2) is 5.71. The molecule has 1 aromatic carbocycles. The Morgan fingerprint density at radius 1 is 1.50 bits per heavy atom. The highest BCUT2D eigenvalue weighted by molar-refractivity contribution is 8.00. The van der Waals surface area contributed by atoms with Crippen LogP contribution in [0.5, 0.6) is 5.75 Å². The number of carboxylic acids is 1. The molecule has 100 valence electrons. The molecule has 1 aromatic rings. The molecule has 0 heterocycles. The van der Waals surface area contributed by atoms with E-state index in [0.717, 1.165) is 12.1 Å². The van der Waals surface area contributed by atoms with Gasteiger partial charge >= 0.3 is 11.5 Å². The number of thioether (sulfide) groups is 1. The number of hydrogen-bond acceptors (Lipinski definition) is 3. The van der Waals surface area contributed by atoms with E-state index >= 15 is 0 Å². The van der Waals surface area contributed by atoms with Gasteiger partial charge in [-0.2, -0.15) is 13.2 Å². The number of carbonyl (C=O) groups is 1. The minimum absolute atomic E-state index is 0.0260. The molecule has 3 nitrogen and oxygen atoms in total. The highest BCUT2D eigenvalue weighted by Gasteiger charge is 2.29. The average molecular weight is 301 g/mol. The Hall–Kier alpha value is -1.08. The molecule has 0 aliphatic rings. The molecule has 0 saturated heterocycles. The van der Waals surface area contributed by atoms with Gasteiger partial charge in [-0.05, 0) is 36.9 Å². The summed E-state index contributed by atoms with van der Waals surface area (Å²) in [5.41, 5.74) is -4.40. The predicted octanol–water partition coefficient (Wildman–Crippen LogP) is 3.80. The lowest BCUT2D eigenvalue weighted by molar-refractivity contribution is -0.144. The quantitative estimate of drug-likeness (QED) is 0.859. The number of aliphatic carboxylic acids is 1. The van der Waals surface area contributed by atoms with Gasteiger partial charge in [0, 0.05) is 4.90 Å². The lowest BCUT2D eigenvalue weighted by Crippen LogP contribution is -2.22. The van der Waals surface area contributed by atoms with E-state index in [1.54, 1.807) is 0 Å². The van der Waals surface area contributed by atoms with Gasteiger partial charge in [0.2, 0.25) is 0 Å². The minimum Gasteiger partial charge on any atom is -0.479 e. The van der Waals surface area contributed by atoms with Crippen molar-refractivity contribution in [2.45, 2.75) is 23.4 Å². The van der Waals surface area contributed by atoms with Gasteiger partial charge in [0.1, 0.15) is 5.75 Å². The lowest BCUT2D eigenvalue weighted by Gasteiger charge is -2.13. The fourth-order valence-electron chi connectivity index (χ4n) is 1.02. The van der Waals surface area contributed by atoms with E-state index in [0.29, 0.717) is 0 Å². The summed E-state index contributed by atoms with van der Waals surface area (Å²) in [6.07, 6.45) is -1.14. The Bertz CT molecular complexity index is 450. The second-order valence-electron chi connectivity index (χ2n) is 3.24. The fourth-order valence-corrected chi connectivity index (χ4v) is 1.89. The van der Waals surface area contributed by atoms with Crippen LogP contribution < -0.4 is 4.74 Å². The van der Waals surface area contributed by atoms with Crippen molar-refractivity contribution in [1.29, 1.82) is 0 Å². The third-order valence-corrected chi connectivity index (χ3v) is 2.80. The Morgan fingerprint density at radius 3 is 2.56 bits per heavy atom. The molecule has 0 radical (unpaired) electrons. The highest BCUT2D eigenvalue weighted by atomic mass is 35.5. The summed E-state index contributed by atoms with van der Waals surface area (Å²) in [4.78, 5) is 10.5. The fraction of sp³-hybridized carbons (Fsp3) is 0.300. The van der Waals surface area contributed by atoms with Crippen molar-refractivity contribution in [3.63, 3.8) is 0 Å². The number of hydrogen-bond donors (Lipinski definition) is 1. The molecule has 1 N–H and O–H groups in total. The van der Waals surface area contributed by atoms with Crippen LogP contribution in [0.15, 0.2) is 23.1 Å². The van der Waals surface area contributed by atoms with Crippen LogP contribution in [0.1, 0.15) is 6.92 Å². The van der Waals surface area contributed by atoms with E-state index in [9.17, 15) is 18.0 Å². The van der Waals surface area contributed by atoms with Crippen LogP contribution in [-0.2, 0) is 4.79 Å². The summed E-state index contributed by atoms with van der Waals surface area (Å²) in [6, 6.07) is 3.44. The Morgan fingerprint density at radius 2 is 2.11 bits per heavy atom. The number of halogens is 4. The largest absolute Gasteiger partial charge is 0.479 e. The monoisotopic (exact) mass is 300 g/mol. The first kappa shape index (κ1) is 15.0. The summed E-state index contributed by atoms with van der Waals surface area (Å²) in [6.45, 7) is 1.29. The van der Waals surface area contributed by atoms with E-state index in [1.807, 2.05) is 0 Å². The van der Waals surface area contributed by atoms with E-state index < -0.39 is 17.6 Å². The molecule has 1 atom stereocenters. The molecule has 8 heteroatoms. The van der Waals surface area contributed by atoms with Gasteiger partial charge in [0.25, 0.3) is 0 Å². The van der Waals surface area contributed by atoms with Crippen LogP contribution in [-0.4, -0.2) is 22.7 Å². The highest BCUT2D eigenvalue weighted by Crippen LogP contribution is 2.39. The van der Waals surface area contributed by atoms with E-state index in [1.165, 1.54) is 13.0 Å². The molecule has 0 aromatic heterocycles. The maximum atomic E-state index is 12.1. The predicted molar refractivity (Wildman–Crippen MR) is 61.1 cm³/mol. The summed E-state index contributed by atoms with van der Waals surface area (Å²) < 4.78 is 41.3. The molecular weight excluding hydrogens is 293 g/mol. The summed E-state index contributed by atoms with van der Waals surface area (Å²) >= 11 is 5.40. The van der Waals surface area contributed by atoms with Crippen LogP contribution in [0.4, 0.5) is 13.2 Å². The Balaban J connectivity index is 2.83. The average Bonchev–Trinajstić information content (AvgIpc) is 2.19. The number of alkyl halides is 3. The van der Waals surface area contributed by atoms with Gasteiger partial charge < -0.3 is 9.84 Å². The van der Waals surface area contributed by atoms with Crippen LogP contribution >= 0.6 is 23.4 Å². The molecular formula is C10H8ClF3O3S. The summed E-state index contributed by atoms with van der Waals surface area (Å²) in [5, 5.41) is 8.55. The Labute approximate surface area is 110 Å². The zero-order chi connectivity index (χ0) is 13.9. The van der Waals surface area contributed by atoms with Crippen LogP contribution in [0.2, 0.25) is 5.02 Å². The van der Waals surface area contributed by atoms with Crippen LogP contribution in [0, 0.1) is 0 Å². The van der Waals surface area contributed by atoms with E-state index in [4.69, 9.17) is 21.4 Å². The minimum atomic E-state index is -4.40.